The molecule has 0 unspecified atom stereocenters. The Balaban J connectivity index is 1.35. The zero-order valence-corrected chi connectivity index (χ0v) is 16.2. The maximum Gasteiger partial charge on any atom is 0.326 e. The number of aryl methyl sites for hydroxylation is 2. The molecule has 2 aliphatic rings. The number of nitrogens with zero attached hydrogens (tertiary/aromatic N) is 3. The molecule has 3 heterocycles. The summed E-state index contributed by atoms with van der Waals surface area (Å²) in [4.78, 5) is 34.6. The Morgan fingerprint density at radius 3 is 2.79 bits per heavy atom. The van der Waals surface area contributed by atoms with Crippen LogP contribution in [-0.2, 0) is 12.8 Å². The molecular formula is C21H21ClN4O2. The maximum atomic E-state index is 13.0. The minimum Gasteiger partial charge on any atom is -0.338 e. The summed E-state index contributed by atoms with van der Waals surface area (Å²) in [6.07, 6.45) is 4.45. The number of carbonyl (C=O) groups is 1. The van der Waals surface area contributed by atoms with E-state index in [0.29, 0.717) is 23.8 Å². The minimum absolute atomic E-state index is 0.0584. The zero-order valence-electron chi connectivity index (χ0n) is 15.4. The molecule has 1 N–H and O–H groups in total. The van der Waals surface area contributed by atoms with Crippen molar-refractivity contribution in [3.05, 3.63) is 62.8 Å². The van der Waals surface area contributed by atoms with Crippen molar-refractivity contribution in [3.8, 4) is 0 Å². The van der Waals surface area contributed by atoms with Gasteiger partial charge in [0, 0.05) is 24.8 Å². The van der Waals surface area contributed by atoms with Gasteiger partial charge >= 0.3 is 5.69 Å². The summed E-state index contributed by atoms with van der Waals surface area (Å²) in [5.41, 5.74) is 4.36. The number of fused-ring (bicyclic) bond motifs is 2. The summed E-state index contributed by atoms with van der Waals surface area (Å²) in [7, 11) is 0. The van der Waals surface area contributed by atoms with Gasteiger partial charge in [0.05, 0.1) is 16.6 Å². The first-order valence-corrected chi connectivity index (χ1v) is 10.2. The number of imidazole rings is 1. The highest BCUT2D eigenvalue weighted by Gasteiger charge is 2.28. The fraction of sp³-hybridized carbons (Fsp3) is 0.381. The number of likely N-dealkylation sites (tertiary alicyclic amines) is 1. The molecule has 1 saturated heterocycles. The molecule has 7 heteroatoms. The number of carbonyl (C=O) groups excluding carboxylic acids is 1. The van der Waals surface area contributed by atoms with Crippen molar-refractivity contribution in [2.75, 3.05) is 13.1 Å². The van der Waals surface area contributed by atoms with Gasteiger partial charge in [-0.2, -0.15) is 0 Å². The monoisotopic (exact) mass is 396 g/mol. The van der Waals surface area contributed by atoms with Gasteiger partial charge in [-0.3, -0.25) is 9.36 Å². The van der Waals surface area contributed by atoms with E-state index in [1.54, 1.807) is 0 Å². The number of pyridine rings is 1. The van der Waals surface area contributed by atoms with Gasteiger partial charge in [-0.1, -0.05) is 23.7 Å². The molecule has 3 aromatic rings. The molecule has 0 atom stereocenters. The van der Waals surface area contributed by atoms with E-state index in [1.165, 1.54) is 0 Å². The predicted octanol–water partition coefficient (Wildman–Crippen LogP) is 3.34. The SMILES string of the molecule is O=C(c1cc2c(nc1Cl)CCC2)N1CCC(n2c(=O)[nH]c3ccccc32)CC1. The number of para-hydroxylation sites is 2. The number of rotatable bonds is 2. The largest absolute Gasteiger partial charge is 0.338 e. The normalized spacial score (nSPS) is 17.2. The molecule has 0 spiro atoms. The fourth-order valence-corrected chi connectivity index (χ4v) is 4.77. The summed E-state index contributed by atoms with van der Waals surface area (Å²) in [5.74, 6) is -0.0584. The van der Waals surface area contributed by atoms with E-state index >= 15 is 0 Å². The van der Waals surface area contributed by atoms with Gasteiger partial charge in [0.2, 0.25) is 0 Å². The lowest BCUT2D eigenvalue weighted by Crippen LogP contribution is -2.40. The Morgan fingerprint density at radius 2 is 1.96 bits per heavy atom. The Kier molecular flexibility index (Phi) is 4.23. The quantitative estimate of drug-likeness (QED) is 0.675. The van der Waals surface area contributed by atoms with Crippen LogP contribution in [0.3, 0.4) is 0 Å². The van der Waals surface area contributed by atoms with Gasteiger partial charge < -0.3 is 9.88 Å². The van der Waals surface area contributed by atoms with E-state index in [4.69, 9.17) is 11.6 Å². The van der Waals surface area contributed by atoms with Crippen molar-refractivity contribution >= 4 is 28.5 Å². The van der Waals surface area contributed by atoms with Crippen LogP contribution >= 0.6 is 11.6 Å². The number of hydrogen-bond acceptors (Lipinski definition) is 3. The van der Waals surface area contributed by atoms with Crippen LogP contribution in [0.15, 0.2) is 35.1 Å². The topological polar surface area (TPSA) is 71.0 Å². The first-order valence-electron chi connectivity index (χ1n) is 9.78. The Bertz CT molecular complexity index is 1130. The van der Waals surface area contributed by atoms with Crippen molar-refractivity contribution in [3.63, 3.8) is 0 Å². The molecule has 1 aliphatic carbocycles. The first kappa shape index (κ1) is 17.5. The van der Waals surface area contributed by atoms with E-state index in [0.717, 1.165) is 54.4 Å². The highest BCUT2D eigenvalue weighted by atomic mass is 35.5. The molecule has 144 valence electrons. The number of nitrogens with one attached hydrogen (secondary N) is 1. The smallest absolute Gasteiger partial charge is 0.326 e. The highest BCUT2D eigenvalue weighted by molar-refractivity contribution is 6.32. The number of aromatic nitrogens is 3. The third-order valence-corrected chi connectivity index (χ3v) is 6.26. The van der Waals surface area contributed by atoms with Crippen LogP contribution in [0.25, 0.3) is 11.0 Å². The molecule has 0 saturated carbocycles. The van der Waals surface area contributed by atoms with Crippen LogP contribution in [0.4, 0.5) is 0 Å². The molecule has 5 rings (SSSR count). The van der Waals surface area contributed by atoms with Crippen molar-refractivity contribution in [1.82, 2.24) is 19.4 Å². The molecule has 0 radical (unpaired) electrons. The van der Waals surface area contributed by atoms with Gasteiger partial charge in [-0.25, -0.2) is 9.78 Å². The van der Waals surface area contributed by atoms with Gasteiger partial charge in [0.1, 0.15) is 5.15 Å². The van der Waals surface area contributed by atoms with E-state index < -0.39 is 0 Å². The van der Waals surface area contributed by atoms with Gasteiger partial charge in [0.15, 0.2) is 0 Å². The number of amides is 1. The maximum absolute atomic E-state index is 13.0. The lowest BCUT2D eigenvalue weighted by molar-refractivity contribution is 0.0694. The minimum atomic E-state index is -0.0863. The van der Waals surface area contributed by atoms with Crippen LogP contribution in [0.5, 0.6) is 0 Å². The van der Waals surface area contributed by atoms with E-state index in [2.05, 4.69) is 9.97 Å². The van der Waals surface area contributed by atoms with Gasteiger partial charge in [-0.05, 0) is 55.9 Å². The zero-order chi connectivity index (χ0) is 19.3. The fourth-order valence-electron chi connectivity index (χ4n) is 4.53. The first-order chi connectivity index (χ1) is 13.6. The second-order valence-electron chi connectivity index (χ2n) is 7.63. The predicted molar refractivity (Wildman–Crippen MR) is 108 cm³/mol. The second kappa shape index (κ2) is 6.78. The summed E-state index contributed by atoms with van der Waals surface area (Å²) < 4.78 is 1.83. The van der Waals surface area contributed by atoms with E-state index in [9.17, 15) is 9.59 Å². The summed E-state index contributed by atoms with van der Waals surface area (Å²) in [6, 6.07) is 9.73. The number of piperidine rings is 1. The van der Waals surface area contributed by atoms with E-state index in [-0.39, 0.29) is 17.6 Å². The van der Waals surface area contributed by atoms with Crippen LogP contribution in [0.2, 0.25) is 5.15 Å². The third-order valence-electron chi connectivity index (χ3n) is 5.98. The molecule has 0 bridgehead atoms. The number of benzene rings is 1. The molecule has 1 aromatic carbocycles. The Hall–Kier alpha value is -2.60. The van der Waals surface area contributed by atoms with Crippen LogP contribution in [0, 0.1) is 0 Å². The summed E-state index contributed by atoms with van der Waals surface area (Å²) in [6.45, 7) is 1.20. The highest BCUT2D eigenvalue weighted by Crippen LogP contribution is 2.29. The van der Waals surface area contributed by atoms with Crippen LogP contribution < -0.4 is 5.69 Å². The number of halogens is 1. The second-order valence-corrected chi connectivity index (χ2v) is 7.98. The lowest BCUT2D eigenvalue weighted by Gasteiger charge is -2.32. The molecule has 1 amide bonds. The van der Waals surface area contributed by atoms with Gasteiger partial charge in [0.25, 0.3) is 5.91 Å². The molecule has 1 aliphatic heterocycles. The van der Waals surface area contributed by atoms with Crippen molar-refractivity contribution in [2.24, 2.45) is 0 Å². The summed E-state index contributed by atoms with van der Waals surface area (Å²) >= 11 is 6.31. The van der Waals surface area contributed by atoms with Crippen molar-refractivity contribution < 1.29 is 4.79 Å². The van der Waals surface area contributed by atoms with Crippen LogP contribution in [0.1, 0.15) is 46.9 Å². The molecular weight excluding hydrogens is 376 g/mol. The van der Waals surface area contributed by atoms with Crippen LogP contribution in [-0.4, -0.2) is 38.4 Å². The number of H-pyrrole nitrogens is 1. The lowest BCUT2D eigenvalue weighted by atomic mass is 10.0. The summed E-state index contributed by atoms with van der Waals surface area (Å²) in [5, 5.41) is 0.306. The van der Waals surface area contributed by atoms with E-state index in [1.807, 2.05) is 39.8 Å². The number of aromatic amines is 1. The number of hydrogen-bond donors (Lipinski definition) is 1. The van der Waals surface area contributed by atoms with Crippen molar-refractivity contribution in [1.29, 1.82) is 0 Å². The molecule has 28 heavy (non-hydrogen) atoms. The van der Waals surface area contributed by atoms with Crippen molar-refractivity contribution in [2.45, 2.75) is 38.1 Å². The Labute approximate surface area is 167 Å². The molecule has 1 fully saturated rings. The molecule has 2 aromatic heterocycles. The molecule has 6 nitrogen and oxygen atoms in total. The standard InChI is InChI=1S/C21H21ClN4O2/c22-19-15(12-13-4-3-6-16(13)23-19)20(27)25-10-8-14(9-11-25)26-18-7-2-1-5-17(18)24-21(26)28/h1-2,5,7,12,14H,3-4,6,8-11H2,(H,24,28). The van der Waals surface area contributed by atoms with Gasteiger partial charge in [-0.15, -0.1) is 0 Å². The average Bonchev–Trinajstić information content (AvgIpc) is 3.29. The third kappa shape index (κ3) is 2.83. The average molecular weight is 397 g/mol. The Morgan fingerprint density at radius 1 is 1.18 bits per heavy atom.